The Balaban J connectivity index is 2.14. The van der Waals surface area contributed by atoms with Crippen LogP contribution in [0.1, 0.15) is 73.1 Å². The minimum Gasteiger partial charge on any atom is -0.462 e. The summed E-state index contributed by atoms with van der Waals surface area (Å²) in [6.45, 7) is 10.8. The molecule has 5 heteroatoms. The highest BCUT2D eigenvalue weighted by Gasteiger charge is 2.51. The molecule has 0 aromatic rings. The van der Waals surface area contributed by atoms with Crippen LogP contribution in [0.4, 0.5) is 0 Å². The number of esters is 1. The molecule has 0 aromatic heterocycles. The van der Waals surface area contributed by atoms with Gasteiger partial charge in [-0.1, -0.05) is 59.1 Å². The van der Waals surface area contributed by atoms with E-state index in [0.717, 1.165) is 50.2 Å². The average Bonchev–Trinajstić information content (AvgIpc) is 3.13. The van der Waals surface area contributed by atoms with Gasteiger partial charge in [0.2, 0.25) is 0 Å². The normalized spacial score (nSPS) is 30.5. The lowest BCUT2D eigenvalue weighted by atomic mass is 9.89. The van der Waals surface area contributed by atoms with E-state index in [1.807, 2.05) is 13.0 Å². The van der Waals surface area contributed by atoms with Gasteiger partial charge in [0.25, 0.3) is 0 Å². The molecule has 0 bridgehead atoms. The van der Waals surface area contributed by atoms with Crippen LogP contribution in [0.5, 0.6) is 0 Å². The summed E-state index contributed by atoms with van der Waals surface area (Å²) >= 11 is 0. The molecule has 2 aliphatic rings. The van der Waals surface area contributed by atoms with Crippen molar-refractivity contribution in [3.8, 4) is 0 Å². The minimum absolute atomic E-state index is 0.0144. The lowest BCUT2D eigenvalue weighted by Gasteiger charge is -2.34. The lowest BCUT2D eigenvalue weighted by Crippen LogP contribution is -2.41. The standard InChI is InChI=1S/C22H40O4Si/c1-6-10-11-13-22(5,24)14-12-17-18-15-21(23)25-19(18)16-20(17)26-27(7-2,8-3)9-4/h12,14,17-20,24H,6-11,13,15-16H2,1-5H3/b14-12+/t17-,18-,19?,20-,22+/m1/s1. The first-order valence-corrected chi connectivity index (χ1v) is 13.6. The molecule has 1 saturated carbocycles. The molecule has 0 aromatic carbocycles. The number of fused-ring (bicyclic) bond motifs is 1. The molecule has 0 spiro atoms. The van der Waals surface area contributed by atoms with E-state index in [0.29, 0.717) is 6.42 Å². The lowest BCUT2D eigenvalue weighted by molar-refractivity contribution is -0.141. The predicted molar refractivity (Wildman–Crippen MR) is 112 cm³/mol. The van der Waals surface area contributed by atoms with Crippen LogP contribution in [0, 0.1) is 11.8 Å². The Labute approximate surface area is 166 Å². The maximum absolute atomic E-state index is 11.8. The molecular formula is C22H40O4Si. The van der Waals surface area contributed by atoms with Crippen LogP contribution in [0.25, 0.3) is 0 Å². The first-order valence-electron chi connectivity index (χ1n) is 11.1. The summed E-state index contributed by atoms with van der Waals surface area (Å²) in [5.41, 5.74) is -0.796. The third kappa shape index (κ3) is 5.67. The highest BCUT2D eigenvalue weighted by atomic mass is 28.4. The van der Waals surface area contributed by atoms with E-state index in [1.165, 1.54) is 0 Å². The van der Waals surface area contributed by atoms with Crippen molar-refractivity contribution in [2.75, 3.05) is 0 Å². The highest BCUT2D eigenvalue weighted by Crippen LogP contribution is 2.45. The van der Waals surface area contributed by atoms with Crippen molar-refractivity contribution < 1.29 is 19.1 Å². The quantitative estimate of drug-likeness (QED) is 0.225. The Bertz CT molecular complexity index is 504. The average molecular weight is 397 g/mol. The maximum atomic E-state index is 11.8. The summed E-state index contributed by atoms with van der Waals surface area (Å²) in [6, 6.07) is 3.37. The fraction of sp³-hybridized carbons (Fsp3) is 0.864. The molecular weight excluding hydrogens is 356 g/mol. The Kier molecular flexibility index (Phi) is 8.14. The Hall–Kier alpha value is -0.653. The van der Waals surface area contributed by atoms with Crippen molar-refractivity contribution in [2.24, 2.45) is 11.8 Å². The van der Waals surface area contributed by atoms with Crippen molar-refractivity contribution in [3.63, 3.8) is 0 Å². The summed E-state index contributed by atoms with van der Waals surface area (Å²) in [7, 11) is -1.73. The number of rotatable bonds is 11. The van der Waals surface area contributed by atoms with Crippen LogP contribution in [0.2, 0.25) is 18.1 Å². The topological polar surface area (TPSA) is 55.8 Å². The van der Waals surface area contributed by atoms with Crippen LogP contribution in [0.3, 0.4) is 0 Å². The van der Waals surface area contributed by atoms with Crippen molar-refractivity contribution in [2.45, 2.75) is 109 Å². The molecule has 5 atom stereocenters. The minimum atomic E-state index is -1.73. The van der Waals surface area contributed by atoms with Crippen molar-refractivity contribution >= 4 is 14.3 Å². The molecule has 0 amide bonds. The van der Waals surface area contributed by atoms with Gasteiger partial charge >= 0.3 is 5.97 Å². The fourth-order valence-corrected chi connectivity index (χ4v) is 7.64. The van der Waals surface area contributed by atoms with Gasteiger partial charge in [-0.25, -0.2) is 0 Å². The first-order chi connectivity index (χ1) is 12.8. The molecule has 156 valence electrons. The van der Waals surface area contributed by atoms with Crippen LogP contribution in [-0.4, -0.2) is 37.2 Å². The van der Waals surface area contributed by atoms with E-state index < -0.39 is 13.9 Å². The molecule has 1 heterocycles. The molecule has 1 aliphatic heterocycles. The molecule has 1 saturated heterocycles. The van der Waals surface area contributed by atoms with E-state index in [9.17, 15) is 9.90 Å². The largest absolute Gasteiger partial charge is 0.462 e. The SMILES string of the molecule is CCCCC[C@](C)(O)/C=C/[C@H]1[C@H](O[Si](CC)(CC)CC)CC2OC(=O)C[C@@H]21. The number of hydrogen-bond acceptors (Lipinski definition) is 4. The van der Waals surface area contributed by atoms with Crippen LogP contribution in [-0.2, 0) is 14.0 Å². The summed E-state index contributed by atoms with van der Waals surface area (Å²) in [6.07, 6.45) is 9.59. The number of ether oxygens (including phenoxy) is 1. The Morgan fingerprint density at radius 1 is 1.22 bits per heavy atom. The summed E-state index contributed by atoms with van der Waals surface area (Å²) in [5.74, 6) is 0.277. The molecule has 4 nitrogen and oxygen atoms in total. The second-order valence-electron chi connectivity index (χ2n) is 8.78. The number of hydrogen-bond donors (Lipinski definition) is 1. The maximum Gasteiger partial charge on any atom is 0.306 e. The summed E-state index contributed by atoms with van der Waals surface area (Å²) in [5, 5.41) is 10.7. The van der Waals surface area contributed by atoms with Gasteiger partial charge in [-0.15, -0.1) is 0 Å². The number of unbranched alkanes of at least 4 members (excludes halogenated alkanes) is 2. The van der Waals surface area contributed by atoms with E-state index in [1.54, 1.807) is 0 Å². The Morgan fingerprint density at radius 2 is 1.89 bits per heavy atom. The van der Waals surface area contributed by atoms with Gasteiger partial charge in [0.15, 0.2) is 8.32 Å². The monoisotopic (exact) mass is 396 g/mol. The number of carbonyl (C=O) groups excluding carboxylic acids is 1. The van der Waals surface area contributed by atoms with Gasteiger partial charge in [-0.2, -0.15) is 0 Å². The van der Waals surface area contributed by atoms with Crippen molar-refractivity contribution in [1.82, 2.24) is 0 Å². The van der Waals surface area contributed by atoms with Gasteiger partial charge in [0.05, 0.1) is 18.1 Å². The van der Waals surface area contributed by atoms with Crippen LogP contribution < -0.4 is 0 Å². The predicted octanol–water partition coefficient (Wildman–Crippen LogP) is 5.22. The Morgan fingerprint density at radius 3 is 2.48 bits per heavy atom. The van der Waals surface area contributed by atoms with Crippen molar-refractivity contribution in [3.05, 3.63) is 12.2 Å². The fourth-order valence-electron chi connectivity index (χ4n) is 4.75. The third-order valence-electron chi connectivity index (χ3n) is 6.85. The van der Waals surface area contributed by atoms with Gasteiger partial charge < -0.3 is 14.3 Å². The highest BCUT2D eigenvalue weighted by molar-refractivity contribution is 6.73. The van der Waals surface area contributed by atoms with Gasteiger partial charge in [-0.3, -0.25) is 4.79 Å². The number of carbonyl (C=O) groups is 1. The van der Waals surface area contributed by atoms with E-state index >= 15 is 0 Å². The third-order valence-corrected chi connectivity index (χ3v) is 11.5. The zero-order chi connectivity index (χ0) is 20.1. The van der Waals surface area contributed by atoms with E-state index in [4.69, 9.17) is 9.16 Å². The van der Waals surface area contributed by atoms with Crippen LogP contribution in [0.15, 0.2) is 12.2 Å². The summed E-state index contributed by atoms with van der Waals surface area (Å²) < 4.78 is 12.4. The second-order valence-corrected chi connectivity index (χ2v) is 13.5. The van der Waals surface area contributed by atoms with Crippen LogP contribution >= 0.6 is 0 Å². The van der Waals surface area contributed by atoms with Crippen molar-refractivity contribution in [1.29, 1.82) is 0 Å². The molecule has 2 rings (SSSR count). The first kappa shape index (κ1) is 22.6. The van der Waals surface area contributed by atoms with Gasteiger partial charge in [-0.05, 0) is 31.5 Å². The zero-order valence-corrected chi connectivity index (χ0v) is 19.0. The molecule has 1 N–H and O–H groups in total. The van der Waals surface area contributed by atoms with Gasteiger partial charge in [0, 0.05) is 18.3 Å². The summed E-state index contributed by atoms with van der Waals surface area (Å²) in [4.78, 5) is 11.8. The molecule has 0 radical (unpaired) electrons. The van der Waals surface area contributed by atoms with Gasteiger partial charge in [0.1, 0.15) is 6.10 Å². The molecule has 2 fully saturated rings. The molecule has 27 heavy (non-hydrogen) atoms. The van der Waals surface area contributed by atoms with E-state index in [-0.39, 0.29) is 30.0 Å². The number of aliphatic hydroxyl groups is 1. The smallest absolute Gasteiger partial charge is 0.306 e. The zero-order valence-electron chi connectivity index (χ0n) is 18.0. The molecule has 1 aliphatic carbocycles. The van der Waals surface area contributed by atoms with E-state index in [2.05, 4.69) is 33.8 Å². The molecule has 1 unspecified atom stereocenters. The second kappa shape index (κ2) is 9.70.